The summed E-state index contributed by atoms with van der Waals surface area (Å²) in [5.41, 5.74) is 1.06. The highest BCUT2D eigenvalue weighted by molar-refractivity contribution is 14.0. The van der Waals surface area contributed by atoms with Crippen LogP contribution in [0.1, 0.15) is 31.0 Å². The molecule has 1 aromatic heterocycles. The number of aromatic nitrogens is 1. The lowest BCUT2D eigenvalue weighted by molar-refractivity contribution is 0.581. The van der Waals surface area contributed by atoms with E-state index in [1.54, 1.807) is 11.3 Å². The molecule has 0 amide bonds. The Morgan fingerprint density at radius 1 is 1.48 bits per heavy atom. The largest absolute Gasteiger partial charge is 0.357 e. The molecule has 0 aliphatic carbocycles. The van der Waals surface area contributed by atoms with Crippen LogP contribution >= 0.6 is 35.3 Å². The lowest BCUT2D eigenvalue weighted by Gasteiger charge is -2.17. The summed E-state index contributed by atoms with van der Waals surface area (Å²) >= 11 is 1.65. The van der Waals surface area contributed by atoms with Crippen LogP contribution in [-0.4, -0.2) is 50.5 Å². The van der Waals surface area contributed by atoms with Gasteiger partial charge in [-0.05, 0) is 27.2 Å². The standard InChI is InChI=1S/C14H26N4O2S2.HI/c1-5-15-14(17-11(2)7-9-22(4,19)20)16-8-6-13-10-21-12(3)18-13;/h10-11H,5-9H2,1-4H3,(H2,15,16,17);1H. The summed E-state index contributed by atoms with van der Waals surface area (Å²) < 4.78 is 22.4. The molecule has 6 nitrogen and oxygen atoms in total. The fourth-order valence-corrected chi connectivity index (χ4v) is 3.25. The number of aliphatic imine (C=N–C) groups is 1. The predicted molar refractivity (Wildman–Crippen MR) is 109 cm³/mol. The van der Waals surface area contributed by atoms with Crippen LogP contribution in [0.3, 0.4) is 0 Å². The first kappa shape index (κ1) is 22.6. The van der Waals surface area contributed by atoms with Crippen molar-refractivity contribution in [3.05, 3.63) is 16.1 Å². The van der Waals surface area contributed by atoms with Gasteiger partial charge in [0.2, 0.25) is 0 Å². The maximum Gasteiger partial charge on any atom is 0.191 e. The zero-order chi connectivity index (χ0) is 16.6. The van der Waals surface area contributed by atoms with Crippen LogP contribution in [0, 0.1) is 6.92 Å². The summed E-state index contributed by atoms with van der Waals surface area (Å²) in [5, 5.41) is 9.54. The second-order valence-corrected chi connectivity index (χ2v) is 8.65. The molecule has 1 unspecified atom stereocenters. The first-order chi connectivity index (χ1) is 10.3. The maximum absolute atomic E-state index is 11.2. The number of hydrogen-bond donors (Lipinski definition) is 2. The van der Waals surface area contributed by atoms with Crippen LogP contribution in [-0.2, 0) is 16.3 Å². The maximum atomic E-state index is 11.2. The Labute approximate surface area is 160 Å². The minimum Gasteiger partial charge on any atom is -0.357 e. The molecule has 134 valence electrons. The van der Waals surface area contributed by atoms with Gasteiger partial charge in [-0.3, -0.25) is 4.99 Å². The van der Waals surface area contributed by atoms with E-state index < -0.39 is 9.84 Å². The molecule has 2 N–H and O–H groups in total. The molecule has 0 spiro atoms. The van der Waals surface area contributed by atoms with Gasteiger partial charge in [0.05, 0.1) is 16.5 Å². The quantitative estimate of drug-likeness (QED) is 0.342. The fourth-order valence-electron chi connectivity index (χ4n) is 1.82. The molecule has 1 aromatic rings. The third kappa shape index (κ3) is 10.9. The zero-order valence-corrected chi connectivity index (χ0v) is 18.1. The van der Waals surface area contributed by atoms with Crippen molar-refractivity contribution in [3.8, 4) is 0 Å². The van der Waals surface area contributed by atoms with E-state index >= 15 is 0 Å². The van der Waals surface area contributed by atoms with Gasteiger partial charge < -0.3 is 10.6 Å². The van der Waals surface area contributed by atoms with Gasteiger partial charge in [-0.15, -0.1) is 35.3 Å². The summed E-state index contributed by atoms with van der Waals surface area (Å²) in [6.45, 7) is 7.37. The van der Waals surface area contributed by atoms with Crippen LogP contribution in [0.15, 0.2) is 10.4 Å². The summed E-state index contributed by atoms with van der Waals surface area (Å²) in [6.07, 6.45) is 2.63. The number of guanidine groups is 1. The van der Waals surface area contributed by atoms with Gasteiger partial charge in [-0.1, -0.05) is 0 Å². The number of aryl methyl sites for hydroxylation is 1. The van der Waals surface area contributed by atoms with E-state index in [1.165, 1.54) is 6.26 Å². The Balaban J connectivity index is 0.00000484. The summed E-state index contributed by atoms with van der Waals surface area (Å²) in [7, 11) is -2.93. The van der Waals surface area contributed by atoms with Crippen molar-refractivity contribution in [2.24, 2.45) is 4.99 Å². The topological polar surface area (TPSA) is 83.4 Å². The molecule has 1 atom stereocenters. The fraction of sp³-hybridized carbons (Fsp3) is 0.714. The summed E-state index contributed by atoms with van der Waals surface area (Å²) in [6, 6.07) is 0.0500. The molecular formula is C14H27IN4O2S2. The normalized spacial score (nSPS) is 13.3. The average Bonchev–Trinajstić information content (AvgIpc) is 2.81. The Kier molecular flexibility index (Phi) is 11.0. The lowest BCUT2D eigenvalue weighted by Crippen LogP contribution is -2.43. The van der Waals surface area contributed by atoms with Crippen molar-refractivity contribution in [1.29, 1.82) is 0 Å². The Hall–Kier alpha value is -0.420. The molecule has 1 rings (SSSR count). The number of hydrogen-bond acceptors (Lipinski definition) is 5. The van der Waals surface area contributed by atoms with Crippen LogP contribution in [0.4, 0.5) is 0 Å². The van der Waals surface area contributed by atoms with Crippen LogP contribution in [0.5, 0.6) is 0 Å². The first-order valence-corrected chi connectivity index (χ1v) is 10.4. The van der Waals surface area contributed by atoms with Gasteiger partial charge in [0, 0.05) is 37.2 Å². The van der Waals surface area contributed by atoms with Crippen molar-refractivity contribution in [1.82, 2.24) is 15.6 Å². The molecule has 0 aromatic carbocycles. The molecule has 0 aliphatic rings. The monoisotopic (exact) mass is 474 g/mol. The van der Waals surface area contributed by atoms with E-state index in [1.807, 2.05) is 20.8 Å². The van der Waals surface area contributed by atoms with Crippen molar-refractivity contribution in [2.45, 2.75) is 39.7 Å². The molecule has 0 bridgehead atoms. The van der Waals surface area contributed by atoms with E-state index in [0.717, 1.165) is 29.6 Å². The SMILES string of the molecule is CCNC(=NCCc1csc(C)n1)NC(C)CCS(C)(=O)=O.I. The molecule has 23 heavy (non-hydrogen) atoms. The molecular weight excluding hydrogens is 447 g/mol. The Morgan fingerprint density at radius 2 is 2.17 bits per heavy atom. The second-order valence-electron chi connectivity index (χ2n) is 5.33. The number of sulfone groups is 1. The summed E-state index contributed by atoms with van der Waals surface area (Å²) in [5.74, 6) is 0.897. The van der Waals surface area contributed by atoms with Crippen LogP contribution in [0.25, 0.3) is 0 Å². The Bertz CT molecular complexity index is 587. The number of nitrogens with one attached hydrogen (secondary N) is 2. The number of thiazole rings is 1. The van der Waals surface area contributed by atoms with E-state index in [2.05, 4.69) is 26.0 Å². The van der Waals surface area contributed by atoms with Gasteiger partial charge in [0.1, 0.15) is 9.84 Å². The third-order valence-corrected chi connectivity index (χ3v) is 4.75. The first-order valence-electron chi connectivity index (χ1n) is 7.43. The van der Waals surface area contributed by atoms with Crippen molar-refractivity contribution < 1.29 is 8.42 Å². The number of nitrogens with zero attached hydrogens (tertiary/aromatic N) is 2. The van der Waals surface area contributed by atoms with Crippen molar-refractivity contribution >= 4 is 51.1 Å². The molecule has 0 saturated heterocycles. The molecule has 0 fully saturated rings. The van der Waals surface area contributed by atoms with Crippen LogP contribution in [0.2, 0.25) is 0 Å². The van der Waals surface area contributed by atoms with E-state index in [9.17, 15) is 8.42 Å². The van der Waals surface area contributed by atoms with Crippen molar-refractivity contribution in [3.63, 3.8) is 0 Å². The van der Waals surface area contributed by atoms with E-state index in [0.29, 0.717) is 13.0 Å². The van der Waals surface area contributed by atoms with Gasteiger partial charge in [-0.2, -0.15) is 0 Å². The highest BCUT2D eigenvalue weighted by Gasteiger charge is 2.09. The van der Waals surface area contributed by atoms with Gasteiger partial charge in [0.15, 0.2) is 5.96 Å². The molecule has 0 aliphatic heterocycles. The van der Waals surface area contributed by atoms with E-state index in [-0.39, 0.29) is 35.8 Å². The van der Waals surface area contributed by atoms with Crippen LogP contribution < -0.4 is 10.6 Å². The summed E-state index contributed by atoms with van der Waals surface area (Å²) in [4.78, 5) is 8.92. The smallest absolute Gasteiger partial charge is 0.191 e. The van der Waals surface area contributed by atoms with E-state index in [4.69, 9.17) is 0 Å². The number of rotatable bonds is 8. The zero-order valence-electron chi connectivity index (χ0n) is 14.1. The van der Waals surface area contributed by atoms with Gasteiger partial charge in [0.25, 0.3) is 0 Å². The molecule has 0 saturated carbocycles. The van der Waals surface area contributed by atoms with Gasteiger partial charge >= 0.3 is 0 Å². The highest BCUT2D eigenvalue weighted by Crippen LogP contribution is 2.08. The highest BCUT2D eigenvalue weighted by atomic mass is 127. The second kappa shape index (κ2) is 11.2. The number of halogens is 1. The van der Waals surface area contributed by atoms with Gasteiger partial charge in [-0.25, -0.2) is 13.4 Å². The Morgan fingerprint density at radius 3 is 2.70 bits per heavy atom. The minimum atomic E-state index is -2.93. The lowest BCUT2D eigenvalue weighted by atomic mass is 10.3. The average molecular weight is 474 g/mol. The van der Waals surface area contributed by atoms with Crippen molar-refractivity contribution in [2.75, 3.05) is 25.1 Å². The minimum absolute atomic E-state index is 0. The molecule has 0 radical (unpaired) electrons. The molecule has 9 heteroatoms. The predicted octanol–water partition coefficient (Wildman–Crippen LogP) is 1.99. The third-order valence-electron chi connectivity index (χ3n) is 2.95. The molecule has 1 heterocycles.